The number of amides is 1. The van der Waals surface area contributed by atoms with Crippen LogP contribution in [0.15, 0.2) is 35.3 Å². The minimum Gasteiger partial charge on any atom is -0.377 e. The van der Waals surface area contributed by atoms with Crippen LogP contribution in [0.4, 0.5) is 5.69 Å². The average Bonchev–Trinajstić information content (AvgIpc) is 2.82. The smallest absolute Gasteiger partial charge is 0.269 e. The Morgan fingerprint density at radius 1 is 1.26 bits per heavy atom. The molecular weight excluding hydrogens is 432 g/mol. The van der Waals surface area contributed by atoms with Crippen LogP contribution in [0.2, 0.25) is 0 Å². The molecule has 3 aromatic rings. The van der Waals surface area contributed by atoms with Gasteiger partial charge in [0.05, 0.1) is 41.2 Å². The number of pyridine rings is 3. The number of nitrogens with zero attached hydrogens (tertiary/aromatic N) is 4. The van der Waals surface area contributed by atoms with E-state index in [0.717, 1.165) is 59.7 Å². The lowest BCUT2D eigenvalue weighted by Crippen LogP contribution is -2.71. The Morgan fingerprint density at radius 2 is 2.09 bits per heavy atom. The number of hydrogen-bond donors (Lipinski definition) is 2. The summed E-state index contributed by atoms with van der Waals surface area (Å²) in [4.78, 5) is 41.1. The quantitative estimate of drug-likeness (QED) is 0.594. The molecule has 0 radical (unpaired) electrons. The van der Waals surface area contributed by atoms with Gasteiger partial charge in [0.15, 0.2) is 0 Å². The summed E-state index contributed by atoms with van der Waals surface area (Å²) in [5, 5.41) is 2.62. The number of fused-ring (bicyclic) bond motifs is 1. The van der Waals surface area contributed by atoms with Crippen molar-refractivity contribution in [3.8, 4) is 0 Å². The third-order valence-corrected chi connectivity index (χ3v) is 6.98. The predicted molar refractivity (Wildman–Crippen MR) is 130 cm³/mol. The summed E-state index contributed by atoms with van der Waals surface area (Å²) in [5.41, 5.74) is 5.61. The largest absolute Gasteiger partial charge is 0.377 e. The molecule has 3 aromatic heterocycles. The van der Waals surface area contributed by atoms with Crippen LogP contribution in [0.25, 0.3) is 11.0 Å². The number of aromatic amines is 1. The normalized spacial score (nSPS) is 17.7. The summed E-state index contributed by atoms with van der Waals surface area (Å²) in [6, 6.07) is 7.69. The van der Waals surface area contributed by atoms with Crippen LogP contribution < -0.4 is 15.8 Å². The van der Waals surface area contributed by atoms with Crippen molar-refractivity contribution in [1.82, 2.24) is 25.2 Å². The molecule has 2 N–H and O–H groups in total. The Bertz CT molecular complexity index is 1300. The first kappa shape index (κ1) is 22.5. The van der Waals surface area contributed by atoms with Gasteiger partial charge in [-0.1, -0.05) is 6.92 Å². The van der Waals surface area contributed by atoms with Crippen molar-refractivity contribution in [3.05, 3.63) is 63.3 Å². The van der Waals surface area contributed by atoms with E-state index < -0.39 is 0 Å². The van der Waals surface area contributed by atoms with Crippen molar-refractivity contribution in [2.75, 3.05) is 44.8 Å². The van der Waals surface area contributed by atoms with Crippen molar-refractivity contribution in [2.24, 2.45) is 0 Å². The summed E-state index contributed by atoms with van der Waals surface area (Å²) in [5.74, 6) is -0.181. The fraction of sp³-hybridized carbons (Fsp3) is 0.440. The first-order chi connectivity index (χ1) is 16.4. The topological polar surface area (TPSA) is 103 Å². The number of nitrogens with one attached hydrogen (secondary N) is 2. The first-order valence-corrected chi connectivity index (χ1v) is 11.7. The lowest BCUT2D eigenvalue weighted by Gasteiger charge is -2.55. The molecule has 0 bridgehead atoms. The number of aromatic nitrogens is 3. The van der Waals surface area contributed by atoms with Gasteiger partial charge in [0.2, 0.25) is 0 Å². The second kappa shape index (κ2) is 8.81. The van der Waals surface area contributed by atoms with Crippen LogP contribution in [0.5, 0.6) is 0 Å². The Hall–Kier alpha value is -3.30. The highest BCUT2D eigenvalue weighted by Gasteiger charge is 2.48. The standard InChI is InChI=1S/C25H30N6O3/c1-4-18-10-20-21(29-23(18)32)9-17(11-27-20)12-31-8-7-30(13-25(31)14-34-15-25)22-6-5-19(24(33)26-3)28-16(22)2/h5-6,9-11H,4,7-8,12-15H2,1-3H3,(H,26,33)(H,29,32). The van der Waals surface area contributed by atoms with Crippen molar-refractivity contribution < 1.29 is 9.53 Å². The van der Waals surface area contributed by atoms with Gasteiger partial charge in [-0.3, -0.25) is 19.5 Å². The highest BCUT2D eigenvalue weighted by molar-refractivity contribution is 5.92. The summed E-state index contributed by atoms with van der Waals surface area (Å²) in [6.07, 6.45) is 2.59. The van der Waals surface area contributed by atoms with Crippen LogP contribution in [0.1, 0.15) is 34.2 Å². The molecule has 5 rings (SSSR count). The number of hydrogen-bond acceptors (Lipinski definition) is 7. The minimum atomic E-state index is -0.181. The Kier molecular flexibility index (Phi) is 5.83. The summed E-state index contributed by atoms with van der Waals surface area (Å²) >= 11 is 0. The highest BCUT2D eigenvalue weighted by Crippen LogP contribution is 2.34. The van der Waals surface area contributed by atoms with Gasteiger partial charge < -0.3 is 19.9 Å². The van der Waals surface area contributed by atoms with Gasteiger partial charge in [0.1, 0.15) is 5.69 Å². The SMILES string of the molecule is CCc1cc2ncc(CN3CCN(c4ccc(C(=O)NC)nc4C)CC34COC4)cc2[nH]c1=O. The minimum absolute atomic E-state index is 0.0437. The second-order valence-electron chi connectivity index (χ2n) is 9.19. The zero-order chi connectivity index (χ0) is 23.9. The molecule has 0 atom stereocenters. The van der Waals surface area contributed by atoms with E-state index in [1.54, 1.807) is 13.1 Å². The molecule has 9 nitrogen and oxygen atoms in total. The summed E-state index contributed by atoms with van der Waals surface area (Å²) < 4.78 is 5.67. The van der Waals surface area contributed by atoms with Crippen molar-refractivity contribution in [1.29, 1.82) is 0 Å². The third-order valence-electron chi connectivity index (χ3n) is 6.98. The molecule has 2 aliphatic rings. The lowest BCUT2D eigenvalue weighted by molar-refractivity contribution is -0.146. The Morgan fingerprint density at radius 3 is 2.76 bits per heavy atom. The van der Waals surface area contributed by atoms with E-state index in [1.807, 2.05) is 38.2 Å². The molecule has 0 unspecified atom stereocenters. The van der Waals surface area contributed by atoms with Crippen LogP contribution in [0, 0.1) is 6.92 Å². The van der Waals surface area contributed by atoms with E-state index >= 15 is 0 Å². The monoisotopic (exact) mass is 462 g/mol. The fourth-order valence-corrected chi connectivity index (χ4v) is 4.96. The third kappa shape index (κ3) is 3.95. The maximum absolute atomic E-state index is 12.3. The number of carbonyl (C=O) groups is 1. The number of H-pyrrole nitrogens is 1. The van der Waals surface area contributed by atoms with Crippen molar-refractivity contribution in [2.45, 2.75) is 32.4 Å². The molecule has 0 aliphatic carbocycles. The molecule has 2 saturated heterocycles. The molecule has 5 heterocycles. The molecule has 9 heteroatoms. The number of piperazine rings is 1. The molecule has 1 spiro atoms. The highest BCUT2D eigenvalue weighted by atomic mass is 16.5. The van der Waals surface area contributed by atoms with Crippen LogP contribution in [0.3, 0.4) is 0 Å². The lowest BCUT2D eigenvalue weighted by atomic mass is 9.90. The molecule has 0 aromatic carbocycles. The van der Waals surface area contributed by atoms with Crippen LogP contribution >= 0.6 is 0 Å². The molecule has 1 amide bonds. The van der Waals surface area contributed by atoms with Crippen molar-refractivity contribution >= 4 is 22.6 Å². The first-order valence-electron chi connectivity index (χ1n) is 11.7. The molecule has 178 valence electrons. The van der Waals surface area contributed by atoms with Gasteiger partial charge in [-0.25, -0.2) is 4.98 Å². The van der Waals surface area contributed by atoms with E-state index in [4.69, 9.17) is 4.74 Å². The van der Waals surface area contributed by atoms with E-state index in [0.29, 0.717) is 25.3 Å². The van der Waals surface area contributed by atoms with E-state index in [-0.39, 0.29) is 17.0 Å². The fourth-order valence-electron chi connectivity index (χ4n) is 4.96. The maximum Gasteiger partial charge on any atom is 0.269 e. The van der Waals surface area contributed by atoms with Gasteiger partial charge in [0, 0.05) is 45.0 Å². The number of aryl methyl sites for hydroxylation is 2. The number of rotatable bonds is 5. The van der Waals surface area contributed by atoms with Gasteiger partial charge in [-0.2, -0.15) is 0 Å². The zero-order valence-corrected chi connectivity index (χ0v) is 19.9. The molecular formula is C25H30N6O3. The van der Waals surface area contributed by atoms with Crippen molar-refractivity contribution in [3.63, 3.8) is 0 Å². The van der Waals surface area contributed by atoms with Crippen LogP contribution in [-0.2, 0) is 17.7 Å². The zero-order valence-electron chi connectivity index (χ0n) is 19.9. The molecule has 2 fully saturated rings. The average molecular weight is 463 g/mol. The maximum atomic E-state index is 12.3. The van der Waals surface area contributed by atoms with Gasteiger partial charge >= 0.3 is 0 Å². The molecule has 0 saturated carbocycles. The number of anilines is 1. The summed E-state index contributed by atoms with van der Waals surface area (Å²) in [7, 11) is 1.61. The Labute approximate surface area is 198 Å². The van der Waals surface area contributed by atoms with Gasteiger partial charge in [-0.15, -0.1) is 0 Å². The van der Waals surface area contributed by atoms with Gasteiger partial charge in [-0.05, 0) is 43.2 Å². The second-order valence-corrected chi connectivity index (χ2v) is 9.19. The number of carbonyl (C=O) groups excluding carboxylic acids is 1. The Balaban J connectivity index is 1.35. The van der Waals surface area contributed by atoms with Crippen LogP contribution in [-0.4, -0.2) is 71.2 Å². The van der Waals surface area contributed by atoms with Gasteiger partial charge in [0.25, 0.3) is 11.5 Å². The van der Waals surface area contributed by atoms with E-state index in [2.05, 4.69) is 30.1 Å². The molecule has 34 heavy (non-hydrogen) atoms. The number of ether oxygens (including phenoxy) is 1. The predicted octanol–water partition coefficient (Wildman–Crippen LogP) is 1.64. The summed E-state index contributed by atoms with van der Waals surface area (Å²) in [6.45, 7) is 8.54. The van der Waals surface area contributed by atoms with E-state index in [9.17, 15) is 9.59 Å². The molecule has 2 aliphatic heterocycles. The van der Waals surface area contributed by atoms with E-state index in [1.165, 1.54) is 0 Å².